The van der Waals surface area contributed by atoms with Crippen molar-refractivity contribution in [2.75, 3.05) is 0 Å². The molecule has 16 heavy (non-hydrogen) atoms. The average Bonchev–Trinajstić information content (AvgIpc) is 2.16. The second-order valence-corrected chi connectivity index (χ2v) is 4.14. The highest BCUT2D eigenvalue weighted by molar-refractivity contribution is 6.14. The van der Waals surface area contributed by atoms with Gasteiger partial charge < -0.3 is 0 Å². The number of rotatable bonds is 5. The van der Waals surface area contributed by atoms with Gasteiger partial charge in [-0.2, -0.15) is 0 Å². The van der Waals surface area contributed by atoms with E-state index in [4.69, 9.17) is 0 Å². The molecule has 1 aliphatic rings. The molecule has 1 aliphatic heterocycles. The maximum Gasteiger partial charge on any atom is 0.331 e. The van der Waals surface area contributed by atoms with E-state index in [-0.39, 0.29) is 12.5 Å². The fraction of sp³-hybridized carbons (Fsp3) is 0.727. The van der Waals surface area contributed by atoms with Gasteiger partial charge in [0.15, 0.2) is 0 Å². The molecule has 0 aliphatic carbocycles. The minimum absolute atomic E-state index is 0.132. The predicted molar refractivity (Wildman–Crippen MR) is 58.6 cm³/mol. The van der Waals surface area contributed by atoms with Crippen molar-refractivity contribution >= 4 is 17.8 Å². The smallest absolute Gasteiger partial charge is 0.277 e. The number of hydrogen-bond acceptors (Lipinski definition) is 3. The molecule has 4 amide bonds. The lowest BCUT2D eigenvalue weighted by atomic mass is 10.1. The second kappa shape index (κ2) is 5.63. The van der Waals surface area contributed by atoms with Gasteiger partial charge in [0.1, 0.15) is 6.42 Å². The van der Waals surface area contributed by atoms with E-state index < -0.39 is 17.8 Å². The van der Waals surface area contributed by atoms with Gasteiger partial charge in [-0.15, -0.1) is 0 Å². The first kappa shape index (κ1) is 12.7. The quantitative estimate of drug-likeness (QED) is 0.569. The van der Waals surface area contributed by atoms with E-state index in [9.17, 15) is 14.4 Å². The van der Waals surface area contributed by atoms with Gasteiger partial charge in [0, 0.05) is 6.04 Å². The highest BCUT2D eigenvalue weighted by atomic mass is 16.2. The number of nitrogens with one attached hydrogen (secondary N) is 1. The lowest BCUT2D eigenvalue weighted by Gasteiger charge is -2.30. The van der Waals surface area contributed by atoms with E-state index in [0.29, 0.717) is 0 Å². The number of urea groups is 1. The number of carbonyl (C=O) groups excluding carboxylic acids is 3. The summed E-state index contributed by atoms with van der Waals surface area (Å²) in [5.74, 6) is -0.898. The molecule has 1 fully saturated rings. The molecule has 0 spiro atoms. The maximum atomic E-state index is 11.5. The molecule has 1 atom stereocenters. The molecule has 1 unspecified atom stereocenters. The van der Waals surface area contributed by atoms with Gasteiger partial charge in [-0.25, -0.2) is 4.79 Å². The Morgan fingerprint density at radius 3 is 2.56 bits per heavy atom. The molecule has 5 nitrogen and oxygen atoms in total. The summed E-state index contributed by atoms with van der Waals surface area (Å²) < 4.78 is 0. The number of barbiturate groups is 1. The minimum Gasteiger partial charge on any atom is -0.277 e. The third-order valence-corrected chi connectivity index (χ3v) is 2.71. The first-order valence-corrected chi connectivity index (χ1v) is 5.72. The first-order chi connectivity index (χ1) is 7.56. The number of carbonyl (C=O) groups is 3. The Labute approximate surface area is 95.2 Å². The predicted octanol–water partition coefficient (Wildman–Crippen LogP) is 1.42. The van der Waals surface area contributed by atoms with Crippen LogP contribution in [-0.4, -0.2) is 28.8 Å². The van der Waals surface area contributed by atoms with Crippen LogP contribution < -0.4 is 5.32 Å². The van der Waals surface area contributed by atoms with Crippen LogP contribution in [0.5, 0.6) is 0 Å². The number of amides is 4. The fourth-order valence-electron chi connectivity index (χ4n) is 1.82. The Balaban J connectivity index is 2.53. The number of unbranched alkanes of at least 4 members (excludes halogenated alkanes) is 2. The molecule has 0 aromatic rings. The van der Waals surface area contributed by atoms with Crippen LogP contribution in [0.15, 0.2) is 0 Å². The van der Waals surface area contributed by atoms with Crippen LogP contribution >= 0.6 is 0 Å². The summed E-state index contributed by atoms with van der Waals surface area (Å²) in [6, 6.07) is -0.711. The zero-order chi connectivity index (χ0) is 12.1. The third-order valence-electron chi connectivity index (χ3n) is 2.71. The normalized spacial score (nSPS) is 18.6. The van der Waals surface area contributed by atoms with Crippen molar-refractivity contribution in [2.24, 2.45) is 0 Å². The van der Waals surface area contributed by atoms with Gasteiger partial charge in [-0.05, 0) is 13.3 Å². The number of hydrogen-bond donors (Lipinski definition) is 1. The molecule has 0 saturated carbocycles. The number of imide groups is 2. The fourth-order valence-corrected chi connectivity index (χ4v) is 1.82. The van der Waals surface area contributed by atoms with Crippen LogP contribution in [0, 0.1) is 0 Å². The van der Waals surface area contributed by atoms with Gasteiger partial charge in [-0.3, -0.25) is 19.8 Å². The first-order valence-electron chi connectivity index (χ1n) is 5.72. The Morgan fingerprint density at radius 2 is 2.00 bits per heavy atom. The average molecular weight is 226 g/mol. The summed E-state index contributed by atoms with van der Waals surface area (Å²) in [7, 11) is 0. The molecule has 0 bridgehead atoms. The van der Waals surface area contributed by atoms with Crippen molar-refractivity contribution in [3.8, 4) is 0 Å². The SMILES string of the molecule is CCCCCC(C)N1C(=O)CC(=O)NC1=O. The molecular formula is C11H18N2O3. The molecular weight excluding hydrogens is 208 g/mol. The van der Waals surface area contributed by atoms with E-state index in [1.54, 1.807) is 0 Å². The Kier molecular flexibility index (Phi) is 4.46. The molecule has 0 radical (unpaired) electrons. The van der Waals surface area contributed by atoms with Gasteiger partial charge in [-0.1, -0.05) is 26.2 Å². The minimum atomic E-state index is -0.578. The van der Waals surface area contributed by atoms with E-state index in [2.05, 4.69) is 12.2 Å². The third kappa shape index (κ3) is 3.05. The van der Waals surface area contributed by atoms with Gasteiger partial charge >= 0.3 is 6.03 Å². The molecule has 1 saturated heterocycles. The summed E-state index contributed by atoms with van der Waals surface area (Å²) in [6.45, 7) is 3.94. The molecule has 5 heteroatoms. The molecule has 90 valence electrons. The molecule has 0 aromatic carbocycles. The highest BCUT2D eigenvalue weighted by Crippen LogP contribution is 2.13. The van der Waals surface area contributed by atoms with Crippen LogP contribution in [0.1, 0.15) is 46.0 Å². The summed E-state index contributed by atoms with van der Waals surface area (Å²) in [6.07, 6.45) is 3.76. The second-order valence-electron chi connectivity index (χ2n) is 4.14. The lowest BCUT2D eigenvalue weighted by Crippen LogP contribution is -2.55. The van der Waals surface area contributed by atoms with Crippen molar-refractivity contribution in [2.45, 2.75) is 52.0 Å². The van der Waals surface area contributed by atoms with Crippen LogP contribution in [-0.2, 0) is 9.59 Å². The van der Waals surface area contributed by atoms with Crippen LogP contribution in [0.25, 0.3) is 0 Å². The van der Waals surface area contributed by atoms with E-state index in [1.165, 1.54) is 0 Å². The summed E-state index contributed by atoms with van der Waals surface area (Å²) >= 11 is 0. The zero-order valence-electron chi connectivity index (χ0n) is 9.78. The zero-order valence-corrected chi connectivity index (χ0v) is 9.78. The van der Waals surface area contributed by atoms with Gasteiger partial charge in [0.2, 0.25) is 11.8 Å². The molecule has 1 heterocycles. The van der Waals surface area contributed by atoms with Crippen LogP contribution in [0.2, 0.25) is 0 Å². The van der Waals surface area contributed by atoms with Gasteiger partial charge in [0.05, 0.1) is 0 Å². The van der Waals surface area contributed by atoms with Crippen molar-refractivity contribution < 1.29 is 14.4 Å². The van der Waals surface area contributed by atoms with Crippen molar-refractivity contribution in [3.63, 3.8) is 0 Å². The highest BCUT2D eigenvalue weighted by Gasteiger charge is 2.33. The van der Waals surface area contributed by atoms with E-state index in [0.717, 1.165) is 30.6 Å². The number of nitrogens with zero attached hydrogens (tertiary/aromatic N) is 1. The summed E-state index contributed by atoms with van der Waals surface area (Å²) in [5, 5.41) is 2.16. The monoisotopic (exact) mass is 226 g/mol. The van der Waals surface area contributed by atoms with Gasteiger partial charge in [0.25, 0.3) is 0 Å². The standard InChI is InChI=1S/C11H18N2O3/c1-3-4-5-6-8(2)13-10(15)7-9(14)12-11(13)16/h8H,3-7H2,1-2H3,(H,12,14,16). The van der Waals surface area contributed by atoms with Crippen molar-refractivity contribution in [1.82, 2.24) is 10.2 Å². The molecule has 1 N–H and O–H groups in total. The Hall–Kier alpha value is -1.39. The largest absolute Gasteiger partial charge is 0.331 e. The Bertz CT molecular complexity index is 282. The summed E-state index contributed by atoms with van der Waals surface area (Å²) in [4.78, 5) is 35.1. The van der Waals surface area contributed by atoms with E-state index in [1.807, 2.05) is 6.92 Å². The molecule has 0 aromatic heterocycles. The van der Waals surface area contributed by atoms with Crippen LogP contribution in [0.4, 0.5) is 4.79 Å². The lowest BCUT2D eigenvalue weighted by molar-refractivity contribution is -0.137. The maximum absolute atomic E-state index is 11.5. The molecule has 1 rings (SSSR count). The van der Waals surface area contributed by atoms with Crippen molar-refractivity contribution in [1.29, 1.82) is 0 Å². The van der Waals surface area contributed by atoms with Crippen molar-refractivity contribution in [3.05, 3.63) is 0 Å². The summed E-state index contributed by atoms with van der Waals surface area (Å²) in [5.41, 5.74) is 0. The Morgan fingerprint density at radius 1 is 1.31 bits per heavy atom. The van der Waals surface area contributed by atoms with E-state index >= 15 is 0 Å². The van der Waals surface area contributed by atoms with Crippen LogP contribution in [0.3, 0.4) is 0 Å². The topological polar surface area (TPSA) is 66.5 Å².